The average molecular weight is 285 g/mol. The van der Waals surface area contributed by atoms with E-state index in [0.29, 0.717) is 18.0 Å². The monoisotopic (exact) mass is 285 g/mol. The molecule has 3 rings (SSSR count). The molecule has 0 amide bonds. The predicted molar refractivity (Wildman–Crippen MR) is 80.8 cm³/mol. The molecular formula is C16H16FN3O. The molecule has 0 saturated heterocycles. The molecule has 0 aliphatic heterocycles. The van der Waals surface area contributed by atoms with Gasteiger partial charge in [-0.2, -0.15) is 0 Å². The van der Waals surface area contributed by atoms with Gasteiger partial charge in [-0.25, -0.2) is 9.37 Å². The van der Waals surface area contributed by atoms with Gasteiger partial charge in [0, 0.05) is 12.6 Å². The molecule has 3 aromatic rings. The van der Waals surface area contributed by atoms with Crippen molar-refractivity contribution in [2.24, 2.45) is 0 Å². The zero-order valence-corrected chi connectivity index (χ0v) is 11.7. The number of nitrogens with zero attached hydrogens (tertiary/aromatic N) is 2. The molecule has 0 saturated carbocycles. The van der Waals surface area contributed by atoms with Gasteiger partial charge in [0.1, 0.15) is 11.6 Å². The van der Waals surface area contributed by atoms with Gasteiger partial charge in [0.25, 0.3) is 0 Å². The first kappa shape index (κ1) is 13.4. The molecular weight excluding hydrogens is 269 g/mol. The lowest BCUT2D eigenvalue weighted by Crippen LogP contribution is -2.05. The lowest BCUT2D eigenvalue weighted by molar-refractivity contribution is 0.414. The Bertz CT molecular complexity index is 765. The molecule has 0 radical (unpaired) electrons. The summed E-state index contributed by atoms with van der Waals surface area (Å²) in [6, 6.07) is 12.4. The Morgan fingerprint density at radius 2 is 1.95 bits per heavy atom. The van der Waals surface area contributed by atoms with E-state index in [9.17, 15) is 4.39 Å². The molecule has 0 spiro atoms. The number of hydrogen-bond acceptors (Lipinski definition) is 3. The minimum absolute atomic E-state index is 0.303. The number of imidazole rings is 1. The number of nitrogen functional groups attached to an aromatic ring is 1. The Labute approximate surface area is 122 Å². The van der Waals surface area contributed by atoms with Gasteiger partial charge >= 0.3 is 0 Å². The fourth-order valence-corrected chi connectivity index (χ4v) is 2.39. The van der Waals surface area contributed by atoms with Gasteiger partial charge in [-0.3, -0.25) is 0 Å². The third-order valence-corrected chi connectivity index (χ3v) is 3.52. The Kier molecular flexibility index (Phi) is 3.48. The van der Waals surface area contributed by atoms with Crippen LogP contribution in [0.2, 0.25) is 0 Å². The standard InChI is InChI=1S/C16H16FN3O/c1-21-13-5-2-11(3-6-13)8-9-20-15-7-4-12(17)10-14(15)19-16(20)18/h2-7,10H,8-9H2,1H3,(H2,18,19). The Morgan fingerprint density at radius 3 is 2.67 bits per heavy atom. The van der Waals surface area contributed by atoms with Gasteiger partial charge in [-0.05, 0) is 36.2 Å². The molecule has 0 aliphatic carbocycles. The Balaban J connectivity index is 1.82. The molecule has 1 heterocycles. The number of aryl methyl sites for hydroxylation is 2. The first-order valence-electron chi connectivity index (χ1n) is 6.71. The van der Waals surface area contributed by atoms with Crippen LogP contribution in [0.1, 0.15) is 5.56 Å². The molecule has 0 aliphatic rings. The van der Waals surface area contributed by atoms with Crippen molar-refractivity contribution in [1.82, 2.24) is 9.55 Å². The highest BCUT2D eigenvalue weighted by Gasteiger charge is 2.08. The van der Waals surface area contributed by atoms with Crippen LogP contribution < -0.4 is 10.5 Å². The summed E-state index contributed by atoms with van der Waals surface area (Å²) in [6.45, 7) is 0.695. The number of aromatic nitrogens is 2. The van der Waals surface area contributed by atoms with Gasteiger partial charge in [-0.1, -0.05) is 12.1 Å². The molecule has 5 heteroatoms. The molecule has 108 valence electrons. The van der Waals surface area contributed by atoms with E-state index in [0.717, 1.165) is 17.7 Å². The van der Waals surface area contributed by atoms with E-state index >= 15 is 0 Å². The molecule has 1 aromatic heterocycles. The van der Waals surface area contributed by atoms with Crippen molar-refractivity contribution in [2.45, 2.75) is 13.0 Å². The van der Waals surface area contributed by atoms with Crippen LogP contribution in [0.15, 0.2) is 42.5 Å². The maximum Gasteiger partial charge on any atom is 0.201 e. The third-order valence-electron chi connectivity index (χ3n) is 3.52. The second kappa shape index (κ2) is 5.44. The maximum absolute atomic E-state index is 13.2. The first-order valence-corrected chi connectivity index (χ1v) is 6.71. The highest BCUT2D eigenvalue weighted by molar-refractivity contribution is 5.78. The van der Waals surface area contributed by atoms with E-state index in [-0.39, 0.29) is 5.82 Å². The number of nitrogens with two attached hydrogens (primary N) is 1. The number of halogens is 1. The molecule has 4 nitrogen and oxygen atoms in total. The van der Waals surface area contributed by atoms with Gasteiger partial charge in [-0.15, -0.1) is 0 Å². The lowest BCUT2D eigenvalue weighted by atomic mass is 10.1. The number of anilines is 1. The van der Waals surface area contributed by atoms with Crippen LogP contribution in [-0.2, 0) is 13.0 Å². The van der Waals surface area contributed by atoms with Crippen molar-refractivity contribution >= 4 is 17.0 Å². The molecule has 21 heavy (non-hydrogen) atoms. The van der Waals surface area contributed by atoms with E-state index in [1.165, 1.54) is 17.7 Å². The molecule has 2 aromatic carbocycles. The van der Waals surface area contributed by atoms with Crippen molar-refractivity contribution in [3.63, 3.8) is 0 Å². The first-order chi connectivity index (χ1) is 10.2. The highest BCUT2D eigenvalue weighted by atomic mass is 19.1. The number of rotatable bonds is 4. The van der Waals surface area contributed by atoms with E-state index in [4.69, 9.17) is 10.5 Å². The molecule has 0 unspecified atom stereocenters. The summed E-state index contributed by atoms with van der Waals surface area (Å²) in [6.07, 6.45) is 0.816. The number of methoxy groups -OCH3 is 1. The largest absolute Gasteiger partial charge is 0.497 e. The van der Waals surface area contributed by atoms with Crippen LogP contribution in [0.3, 0.4) is 0 Å². The average Bonchev–Trinajstić information content (AvgIpc) is 2.80. The van der Waals surface area contributed by atoms with Gasteiger partial charge in [0.2, 0.25) is 5.95 Å². The maximum atomic E-state index is 13.2. The summed E-state index contributed by atoms with van der Waals surface area (Å²) in [4.78, 5) is 4.19. The number of ether oxygens (including phenoxy) is 1. The van der Waals surface area contributed by atoms with Crippen LogP contribution in [0.25, 0.3) is 11.0 Å². The Morgan fingerprint density at radius 1 is 1.19 bits per heavy atom. The quantitative estimate of drug-likeness (QED) is 0.801. The number of benzene rings is 2. The number of fused-ring (bicyclic) bond motifs is 1. The minimum atomic E-state index is -0.303. The molecule has 0 atom stereocenters. The van der Waals surface area contributed by atoms with Crippen molar-refractivity contribution in [1.29, 1.82) is 0 Å². The van der Waals surface area contributed by atoms with Crippen LogP contribution >= 0.6 is 0 Å². The van der Waals surface area contributed by atoms with Gasteiger partial charge in [0.05, 0.1) is 18.1 Å². The zero-order chi connectivity index (χ0) is 14.8. The molecule has 0 bridgehead atoms. The third kappa shape index (κ3) is 2.67. The highest BCUT2D eigenvalue weighted by Crippen LogP contribution is 2.20. The van der Waals surface area contributed by atoms with Gasteiger partial charge < -0.3 is 15.0 Å². The van der Waals surface area contributed by atoms with Crippen LogP contribution in [0, 0.1) is 5.82 Å². The van der Waals surface area contributed by atoms with Crippen LogP contribution in [0.4, 0.5) is 10.3 Å². The molecule has 0 fully saturated rings. The zero-order valence-electron chi connectivity index (χ0n) is 11.7. The summed E-state index contributed by atoms with van der Waals surface area (Å²) in [5.41, 5.74) is 8.54. The fourth-order valence-electron chi connectivity index (χ4n) is 2.39. The Hall–Kier alpha value is -2.56. The normalized spacial score (nSPS) is 11.0. The van der Waals surface area contributed by atoms with Crippen LogP contribution in [-0.4, -0.2) is 16.7 Å². The number of hydrogen-bond donors (Lipinski definition) is 1. The van der Waals surface area contributed by atoms with E-state index < -0.39 is 0 Å². The lowest BCUT2D eigenvalue weighted by Gasteiger charge is -2.07. The summed E-state index contributed by atoms with van der Waals surface area (Å²) >= 11 is 0. The topological polar surface area (TPSA) is 53.1 Å². The van der Waals surface area contributed by atoms with Crippen LogP contribution in [0.5, 0.6) is 5.75 Å². The molecule has 2 N–H and O–H groups in total. The van der Waals surface area contributed by atoms with E-state index in [1.54, 1.807) is 13.2 Å². The second-order valence-electron chi connectivity index (χ2n) is 4.85. The second-order valence-corrected chi connectivity index (χ2v) is 4.85. The summed E-state index contributed by atoms with van der Waals surface area (Å²) < 4.78 is 20.2. The van der Waals surface area contributed by atoms with Crippen molar-refractivity contribution in [3.05, 3.63) is 53.8 Å². The van der Waals surface area contributed by atoms with Crippen molar-refractivity contribution < 1.29 is 9.13 Å². The fraction of sp³-hybridized carbons (Fsp3) is 0.188. The smallest absolute Gasteiger partial charge is 0.201 e. The van der Waals surface area contributed by atoms with Crippen molar-refractivity contribution in [2.75, 3.05) is 12.8 Å². The van der Waals surface area contributed by atoms with Crippen molar-refractivity contribution in [3.8, 4) is 5.75 Å². The van der Waals surface area contributed by atoms with E-state index in [2.05, 4.69) is 4.98 Å². The summed E-state index contributed by atoms with van der Waals surface area (Å²) in [7, 11) is 1.65. The summed E-state index contributed by atoms with van der Waals surface area (Å²) in [5, 5.41) is 0. The van der Waals surface area contributed by atoms with E-state index in [1.807, 2.05) is 28.8 Å². The SMILES string of the molecule is COc1ccc(CCn2c(N)nc3cc(F)ccc32)cc1. The summed E-state index contributed by atoms with van der Waals surface area (Å²) in [5.74, 6) is 0.938. The minimum Gasteiger partial charge on any atom is -0.497 e. The predicted octanol–water partition coefficient (Wildman–Crippen LogP) is 3.01. The van der Waals surface area contributed by atoms with Gasteiger partial charge in [0.15, 0.2) is 0 Å².